The Morgan fingerprint density at radius 2 is 1.40 bits per heavy atom. The van der Waals surface area contributed by atoms with Crippen LogP contribution in [0.4, 0.5) is 8.78 Å². The lowest BCUT2D eigenvalue weighted by molar-refractivity contribution is 0.0531. The zero-order valence-corrected chi connectivity index (χ0v) is 23.8. The minimum Gasteiger partial charge on any atom is -0.493 e. The molecule has 1 saturated carbocycles. The maximum atomic E-state index is 16.0. The maximum absolute atomic E-state index is 16.0. The molecular formula is C36H38F2N2O2. The fraction of sp³-hybridized carbons (Fsp3) is 0.389. The van der Waals surface area contributed by atoms with E-state index in [1.165, 1.54) is 0 Å². The van der Waals surface area contributed by atoms with Gasteiger partial charge in [0, 0.05) is 44.5 Å². The van der Waals surface area contributed by atoms with E-state index in [0.717, 1.165) is 72.2 Å². The standard InChI is InChI=1S/C36H38F2N2O2/c37-34-29-10-3-4-11-30(29)36(31-13-6-12-28(25-15-16-25)33(31)35(34)38)40-20-18-39(19-21-40)23-26(41)17-22-42-32-14-5-8-24-7-1-2-9-27(24)32/h1-14,25-26,34-36,41H,15-23H2. The average molecular weight is 569 g/mol. The SMILES string of the molecule is OC(CCOc1cccc2ccccc12)CN1CCN(C2c3ccccc3C(F)C(F)c3c(C4CC4)cccc32)CC1. The van der Waals surface area contributed by atoms with Crippen molar-refractivity contribution >= 4 is 10.8 Å². The maximum Gasteiger partial charge on any atom is 0.161 e. The molecule has 1 saturated heterocycles. The number of rotatable bonds is 8. The lowest BCUT2D eigenvalue weighted by atomic mass is 9.89. The van der Waals surface area contributed by atoms with Crippen molar-refractivity contribution in [3.63, 3.8) is 0 Å². The molecular weight excluding hydrogens is 530 g/mol. The topological polar surface area (TPSA) is 35.9 Å². The molecule has 1 heterocycles. The highest BCUT2D eigenvalue weighted by Crippen LogP contribution is 2.53. The molecule has 218 valence electrons. The van der Waals surface area contributed by atoms with Crippen LogP contribution < -0.4 is 4.74 Å². The summed E-state index contributed by atoms with van der Waals surface area (Å²) in [6, 6.07) is 27.5. The first kappa shape index (κ1) is 27.5. The summed E-state index contributed by atoms with van der Waals surface area (Å²) in [5.41, 5.74) is 3.83. The van der Waals surface area contributed by atoms with E-state index in [0.29, 0.717) is 36.6 Å². The van der Waals surface area contributed by atoms with Gasteiger partial charge in [0.15, 0.2) is 12.3 Å². The number of aliphatic hydroxyl groups is 1. The first-order valence-corrected chi connectivity index (χ1v) is 15.3. The molecule has 4 unspecified atom stereocenters. The molecule has 3 aliphatic rings. The third-order valence-electron chi connectivity index (χ3n) is 9.31. The van der Waals surface area contributed by atoms with Crippen molar-refractivity contribution in [1.29, 1.82) is 0 Å². The molecule has 1 N–H and O–H groups in total. The number of alkyl halides is 2. The van der Waals surface area contributed by atoms with Gasteiger partial charge in [0.05, 0.1) is 18.8 Å². The summed E-state index contributed by atoms with van der Waals surface area (Å²) in [6.07, 6.45) is -1.18. The van der Waals surface area contributed by atoms with Crippen LogP contribution in [0.5, 0.6) is 5.75 Å². The number of aliphatic hydroxyl groups excluding tert-OH is 1. The van der Waals surface area contributed by atoms with Crippen LogP contribution in [0, 0.1) is 0 Å². The molecule has 0 radical (unpaired) electrons. The summed E-state index contributed by atoms with van der Waals surface area (Å²) < 4.78 is 37.8. The highest BCUT2D eigenvalue weighted by atomic mass is 19.2. The number of nitrogens with zero attached hydrogens (tertiary/aromatic N) is 2. The summed E-state index contributed by atoms with van der Waals surface area (Å²) in [7, 11) is 0. The van der Waals surface area contributed by atoms with Crippen LogP contribution in [0.3, 0.4) is 0 Å². The van der Waals surface area contributed by atoms with Crippen molar-refractivity contribution in [1.82, 2.24) is 9.80 Å². The van der Waals surface area contributed by atoms with E-state index in [9.17, 15) is 5.11 Å². The summed E-state index contributed by atoms with van der Waals surface area (Å²) >= 11 is 0. The lowest BCUT2D eigenvalue weighted by Crippen LogP contribution is -2.50. The molecule has 1 aliphatic heterocycles. The number of hydrogen-bond donors (Lipinski definition) is 1. The predicted molar refractivity (Wildman–Crippen MR) is 162 cm³/mol. The minimum absolute atomic E-state index is 0.185. The van der Waals surface area contributed by atoms with Crippen molar-refractivity contribution in [3.05, 3.63) is 113 Å². The van der Waals surface area contributed by atoms with Crippen molar-refractivity contribution in [2.75, 3.05) is 39.3 Å². The lowest BCUT2D eigenvalue weighted by Gasteiger charge is -2.41. The molecule has 2 aliphatic carbocycles. The van der Waals surface area contributed by atoms with Crippen molar-refractivity contribution < 1.29 is 18.6 Å². The predicted octanol–water partition coefficient (Wildman–Crippen LogP) is 7.29. The van der Waals surface area contributed by atoms with E-state index in [1.807, 2.05) is 60.7 Å². The highest BCUT2D eigenvalue weighted by molar-refractivity contribution is 5.88. The number of ether oxygens (including phenoxy) is 1. The minimum atomic E-state index is -1.67. The molecule has 0 aromatic heterocycles. The molecule has 7 rings (SSSR count). The van der Waals surface area contributed by atoms with E-state index < -0.39 is 18.4 Å². The first-order valence-electron chi connectivity index (χ1n) is 15.3. The van der Waals surface area contributed by atoms with E-state index in [4.69, 9.17) is 4.74 Å². The van der Waals surface area contributed by atoms with Crippen molar-refractivity contribution in [2.24, 2.45) is 0 Å². The Morgan fingerprint density at radius 1 is 0.738 bits per heavy atom. The first-order chi connectivity index (χ1) is 20.6. The Labute approximate surface area is 246 Å². The number of benzene rings is 4. The van der Waals surface area contributed by atoms with Crippen LogP contribution in [0.1, 0.15) is 71.4 Å². The number of piperazine rings is 1. The van der Waals surface area contributed by atoms with Crippen LogP contribution >= 0.6 is 0 Å². The van der Waals surface area contributed by atoms with Gasteiger partial charge in [-0.15, -0.1) is 0 Å². The normalized spacial score (nSPS) is 23.6. The van der Waals surface area contributed by atoms with E-state index in [2.05, 4.69) is 28.0 Å². The number of hydrogen-bond acceptors (Lipinski definition) is 4. The fourth-order valence-corrected chi connectivity index (χ4v) is 7.00. The molecule has 4 atom stereocenters. The largest absolute Gasteiger partial charge is 0.493 e. The van der Waals surface area contributed by atoms with Gasteiger partial charge in [0.2, 0.25) is 0 Å². The molecule has 4 aromatic carbocycles. The Morgan fingerprint density at radius 3 is 2.21 bits per heavy atom. The van der Waals surface area contributed by atoms with Crippen LogP contribution in [0.25, 0.3) is 10.8 Å². The van der Waals surface area contributed by atoms with E-state index in [1.54, 1.807) is 6.07 Å². The van der Waals surface area contributed by atoms with Gasteiger partial charge in [-0.1, -0.05) is 78.9 Å². The summed E-state index contributed by atoms with van der Waals surface area (Å²) in [6.45, 7) is 4.13. The van der Waals surface area contributed by atoms with Gasteiger partial charge < -0.3 is 9.84 Å². The second-order valence-electron chi connectivity index (χ2n) is 12.1. The summed E-state index contributed by atoms with van der Waals surface area (Å²) in [4.78, 5) is 4.67. The average Bonchev–Trinajstić information content (AvgIpc) is 3.88. The molecule has 42 heavy (non-hydrogen) atoms. The van der Waals surface area contributed by atoms with Crippen LogP contribution in [0.2, 0.25) is 0 Å². The molecule has 0 spiro atoms. The van der Waals surface area contributed by atoms with Gasteiger partial charge in [-0.2, -0.15) is 0 Å². The zero-order valence-electron chi connectivity index (χ0n) is 23.8. The Kier molecular flexibility index (Phi) is 7.70. The molecule has 0 amide bonds. The summed E-state index contributed by atoms with van der Waals surface area (Å²) in [5.74, 6) is 1.18. The third-order valence-corrected chi connectivity index (χ3v) is 9.31. The second kappa shape index (κ2) is 11.8. The van der Waals surface area contributed by atoms with Gasteiger partial charge in [-0.05, 0) is 58.0 Å². The smallest absolute Gasteiger partial charge is 0.161 e. The molecule has 6 heteroatoms. The van der Waals surface area contributed by atoms with Crippen LogP contribution in [-0.4, -0.2) is 60.3 Å². The molecule has 4 nitrogen and oxygen atoms in total. The molecule has 2 fully saturated rings. The van der Waals surface area contributed by atoms with Crippen LogP contribution in [-0.2, 0) is 0 Å². The van der Waals surface area contributed by atoms with Crippen LogP contribution in [0.15, 0.2) is 84.9 Å². The van der Waals surface area contributed by atoms with E-state index >= 15 is 8.78 Å². The van der Waals surface area contributed by atoms with Crippen molar-refractivity contribution in [3.8, 4) is 5.75 Å². The number of fused-ring (bicyclic) bond motifs is 3. The zero-order chi connectivity index (χ0) is 28.6. The fourth-order valence-electron chi connectivity index (χ4n) is 7.00. The Bertz CT molecular complexity index is 1540. The number of β-amino-alcohol motifs (C(OH)–C–C–N with tert-alkyl or cyclic N) is 1. The molecule has 0 bridgehead atoms. The van der Waals surface area contributed by atoms with Gasteiger partial charge in [-0.3, -0.25) is 9.80 Å². The van der Waals surface area contributed by atoms with Gasteiger partial charge in [-0.25, -0.2) is 8.78 Å². The van der Waals surface area contributed by atoms with Gasteiger partial charge >= 0.3 is 0 Å². The third kappa shape index (κ3) is 5.32. The van der Waals surface area contributed by atoms with E-state index in [-0.39, 0.29) is 6.04 Å². The Balaban J connectivity index is 1.02. The second-order valence-corrected chi connectivity index (χ2v) is 12.1. The summed E-state index contributed by atoms with van der Waals surface area (Å²) in [5, 5.41) is 13.1. The van der Waals surface area contributed by atoms with Gasteiger partial charge in [0.25, 0.3) is 0 Å². The highest BCUT2D eigenvalue weighted by Gasteiger charge is 2.42. The monoisotopic (exact) mass is 568 g/mol. The van der Waals surface area contributed by atoms with Crippen molar-refractivity contribution in [2.45, 2.75) is 49.7 Å². The Hall–Kier alpha value is -3.32. The molecule has 4 aromatic rings. The number of halogens is 2. The van der Waals surface area contributed by atoms with Gasteiger partial charge in [0.1, 0.15) is 5.75 Å². The quantitative estimate of drug-likeness (QED) is 0.242.